The lowest BCUT2D eigenvalue weighted by atomic mass is 10.1. The van der Waals surface area contributed by atoms with Crippen LogP contribution in [0.1, 0.15) is 11.3 Å². The monoisotopic (exact) mass is 392 g/mol. The summed E-state index contributed by atoms with van der Waals surface area (Å²) in [5.74, 6) is -0.0469. The van der Waals surface area contributed by atoms with E-state index in [2.05, 4.69) is 5.32 Å². The largest absolute Gasteiger partial charge is 0.467 e. The van der Waals surface area contributed by atoms with Crippen molar-refractivity contribution in [2.24, 2.45) is 0 Å². The Kier molecular flexibility index (Phi) is 5.11. The van der Waals surface area contributed by atoms with E-state index in [1.807, 2.05) is 0 Å². The number of halogens is 1. The summed E-state index contributed by atoms with van der Waals surface area (Å²) in [7, 11) is 0. The van der Waals surface area contributed by atoms with Crippen molar-refractivity contribution in [2.75, 3.05) is 11.4 Å². The maximum absolute atomic E-state index is 13.1. The van der Waals surface area contributed by atoms with Gasteiger partial charge >= 0.3 is 0 Å². The Hall–Kier alpha value is -3.87. The fraction of sp³-hybridized carbons (Fsp3) is 0.0909. The fourth-order valence-corrected chi connectivity index (χ4v) is 2.93. The number of hydrogen-bond acceptors (Lipinski definition) is 4. The van der Waals surface area contributed by atoms with Gasteiger partial charge in [-0.15, -0.1) is 0 Å². The molecule has 0 fully saturated rings. The van der Waals surface area contributed by atoms with E-state index in [9.17, 15) is 14.0 Å². The molecule has 0 spiro atoms. The van der Waals surface area contributed by atoms with Crippen molar-refractivity contribution in [1.29, 1.82) is 0 Å². The molecule has 1 aliphatic rings. The van der Waals surface area contributed by atoms with E-state index in [1.165, 1.54) is 29.4 Å². The molecule has 1 aliphatic heterocycles. The Morgan fingerprint density at radius 3 is 2.62 bits per heavy atom. The van der Waals surface area contributed by atoms with Crippen LogP contribution in [0.15, 0.2) is 77.1 Å². The SMILES string of the molecule is O=C(CN1C(=O)C(=Cc2ccc(F)cc2)Oc2ccccc21)NCc1ccco1. The molecule has 0 radical (unpaired) electrons. The molecule has 0 saturated heterocycles. The van der Waals surface area contributed by atoms with Gasteiger partial charge in [0.1, 0.15) is 18.1 Å². The molecule has 0 saturated carbocycles. The smallest absolute Gasteiger partial charge is 0.294 e. The summed E-state index contributed by atoms with van der Waals surface area (Å²) in [5.41, 5.74) is 1.11. The molecule has 29 heavy (non-hydrogen) atoms. The zero-order valence-electron chi connectivity index (χ0n) is 15.3. The van der Waals surface area contributed by atoms with Crippen LogP contribution in [0.4, 0.5) is 10.1 Å². The summed E-state index contributed by atoms with van der Waals surface area (Å²) >= 11 is 0. The average molecular weight is 392 g/mol. The Morgan fingerprint density at radius 2 is 1.86 bits per heavy atom. The van der Waals surface area contributed by atoms with Crippen molar-refractivity contribution in [1.82, 2.24) is 5.32 Å². The molecular formula is C22H17FN2O4. The first-order chi connectivity index (χ1) is 14.1. The maximum Gasteiger partial charge on any atom is 0.294 e. The summed E-state index contributed by atoms with van der Waals surface area (Å²) in [5, 5.41) is 2.73. The quantitative estimate of drug-likeness (QED) is 0.675. The van der Waals surface area contributed by atoms with Crippen LogP contribution in [0, 0.1) is 5.82 Å². The highest BCUT2D eigenvalue weighted by Crippen LogP contribution is 2.35. The van der Waals surface area contributed by atoms with Crippen LogP contribution in [-0.2, 0) is 16.1 Å². The normalized spacial score (nSPS) is 14.4. The lowest BCUT2D eigenvalue weighted by Crippen LogP contribution is -2.44. The molecule has 0 unspecified atom stereocenters. The zero-order valence-corrected chi connectivity index (χ0v) is 15.3. The highest BCUT2D eigenvalue weighted by atomic mass is 19.1. The van der Waals surface area contributed by atoms with Crippen LogP contribution in [0.5, 0.6) is 5.75 Å². The van der Waals surface area contributed by atoms with E-state index in [1.54, 1.807) is 48.5 Å². The number of rotatable bonds is 5. The minimum Gasteiger partial charge on any atom is -0.467 e. The van der Waals surface area contributed by atoms with Gasteiger partial charge in [-0.25, -0.2) is 4.39 Å². The number of amides is 2. The van der Waals surface area contributed by atoms with Crippen LogP contribution in [-0.4, -0.2) is 18.4 Å². The first kappa shape index (κ1) is 18.5. The van der Waals surface area contributed by atoms with Gasteiger partial charge in [0.15, 0.2) is 11.5 Å². The van der Waals surface area contributed by atoms with Crippen molar-refractivity contribution in [2.45, 2.75) is 6.54 Å². The summed E-state index contributed by atoms with van der Waals surface area (Å²) < 4.78 is 24.1. The first-order valence-corrected chi connectivity index (χ1v) is 8.95. The molecule has 6 nitrogen and oxygen atoms in total. The van der Waals surface area contributed by atoms with Crippen LogP contribution >= 0.6 is 0 Å². The fourth-order valence-electron chi connectivity index (χ4n) is 2.93. The number of ether oxygens (including phenoxy) is 1. The van der Waals surface area contributed by atoms with Gasteiger partial charge in [0.25, 0.3) is 5.91 Å². The van der Waals surface area contributed by atoms with Gasteiger partial charge in [0.2, 0.25) is 5.91 Å². The van der Waals surface area contributed by atoms with Gasteiger partial charge < -0.3 is 14.5 Å². The number of nitrogens with one attached hydrogen (secondary N) is 1. The second-order valence-electron chi connectivity index (χ2n) is 6.38. The minimum absolute atomic E-state index is 0.0501. The molecule has 3 aromatic rings. The second-order valence-corrected chi connectivity index (χ2v) is 6.38. The van der Waals surface area contributed by atoms with E-state index in [0.29, 0.717) is 22.8 Å². The molecule has 0 atom stereocenters. The van der Waals surface area contributed by atoms with E-state index < -0.39 is 5.91 Å². The Morgan fingerprint density at radius 1 is 1.07 bits per heavy atom. The number of carbonyl (C=O) groups excluding carboxylic acids is 2. The van der Waals surface area contributed by atoms with Crippen molar-refractivity contribution in [3.63, 3.8) is 0 Å². The summed E-state index contributed by atoms with van der Waals surface area (Å²) in [6, 6.07) is 16.1. The highest BCUT2D eigenvalue weighted by molar-refractivity contribution is 6.12. The summed E-state index contributed by atoms with van der Waals surface area (Å²) in [4.78, 5) is 26.8. The molecule has 146 valence electrons. The molecule has 4 rings (SSSR count). The minimum atomic E-state index is -0.457. The number of benzene rings is 2. The first-order valence-electron chi connectivity index (χ1n) is 8.95. The number of anilines is 1. The Balaban J connectivity index is 1.57. The van der Waals surface area contributed by atoms with Gasteiger partial charge in [-0.1, -0.05) is 24.3 Å². The number of carbonyl (C=O) groups is 2. The number of nitrogens with zero attached hydrogens (tertiary/aromatic N) is 1. The van der Waals surface area contributed by atoms with Gasteiger partial charge in [-0.3, -0.25) is 14.5 Å². The van der Waals surface area contributed by atoms with Crippen molar-refractivity contribution in [3.8, 4) is 5.75 Å². The Labute approximate surface area is 166 Å². The number of hydrogen-bond donors (Lipinski definition) is 1. The third-order valence-corrected chi connectivity index (χ3v) is 4.34. The molecular weight excluding hydrogens is 375 g/mol. The molecule has 2 amide bonds. The Bertz CT molecular complexity index is 1060. The van der Waals surface area contributed by atoms with E-state index in [0.717, 1.165) is 0 Å². The number of para-hydroxylation sites is 2. The molecule has 0 aliphatic carbocycles. The third kappa shape index (κ3) is 4.19. The number of furan rings is 1. The predicted octanol–water partition coefficient (Wildman–Crippen LogP) is 3.50. The van der Waals surface area contributed by atoms with Crippen LogP contribution < -0.4 is 15.0 Å². The van der Waals surface area contributed by atoms with Gasteiger partial charge in [0, 0.05) is 0 Å². The van der Waals surface area contributed by atoms with Gasteiger partial charge in [-0.2, -0.15) is 0 Å². The van der Waals surface area contributed by atoms with Crippen molar-refractivity contribution < 1.29 is 23.1 Å². The van der Waals surface area contributed by atoms with Crippen LogP contribution in [0.2, 0.25) is 0 Å². The standard InChI is InChI=1S/C22H17FN2O4/c23-16-9-7-15(8-10-16)12-20-22(27)25(18-5-1-2-6-19(18)29-20)14-21(26)24-13-17-4-3-11-28-17/h1-12H,13-14H2,(H,24,26). The topological polar surface area (TPSA) is 71.8 Å². The van der Waals surface area contributed by atoms with Crippen molar-refractivity contribution >= 4 is 23.6 Å². The molecule has 1 N–H and O–H groups in total. The maximum atomic E-state index is 13.1. The summed E-state index contributed by atoms with van der Waals surface area (Å²) in [6.07, 6.45) is 3.04. The van der Waals surface area contributed by atoms with E-state index in [-0.39, 0.29) is 30.6 Å². The third-order valence-electron chi connectivity index (χ3n) is 4.34. The second kappa shape index (κ2) is 8.02. The molecule has 7 heteroatoms. The van der Waals surface area contributed by atoms with Gasteiger partial charge in [0.05, 0.1) is 18.5 Å². The average Bonchev–Trinajstić information content (AvgIpc) is 3.25. The molecule has 1 aromatic heterocycles. The van der Waals surface area contributed by atoms with E-state index in [4.69, 9.17) is 9.15 Å². The number of fused-ring (bicyclic) bond motifs is 1. The molecule has 0 bridgehead atoms. The summed E-state index contributed by atoms with van der Waals surface area (Å²) in [6.45, 7) is 0.0466. The predicted molar refractivity (Wildman–Crippen MR) is 104 cm³/mol. The van der Waals surface area contributed by atoms with Crippen LogP contribution in [0.3, 0.4) is 0 Å². The van der Waals surface area contributed by atoms with Crippen molar-refractivity contribution in [3.05, 3.63) is 89.8 Å². The van der Waals surface area contributed by atoms with E-state index >= 15 is 0 Å². The lowest BCUT2D eigenvalue weighted by Gasteiger charge is -2.30. The van der Waals surface area contributed by atoms with Crippen LogP contribution in [0.25, 0.3) is 6.08 Å². The lowest BCUT2D eigenvalue weighted by molar-refractivity contribution is -0.123. The molecule has 2 aromatic carbocycles. The molecule has 2 heterocycles. The highest BCUT2D eigenvalue weighted by Gasteiger charge is 2.31. The zero-order chi connectivity index (χ0) is 20.2. The van der Waals surface area contributed by atoms with Gasteiger partial charge in [-0.05, 0) is 48.0 Å².